The predicted octanol–water partition coefficient (Wildman–Crippen LogP) is 3.11. The fourth-order valence-corrected chi connectivity index (χ4v) is 4.94. The summed E-state index contributed by atoms with van der Waals surface area (Å²) in [4.78, 5) is 39.0. The van der Waals surface area contributed by atoms with Crippen LogP contribution in [0.5, 0.6) is 0 Å². The fourth-order valence-electron chi connectivity index (χ4n) is 4.94. The number of carboxylic acids is 1. The highest BCUT2D eigenvalue weighted by Crippen LogP contribution is 2.44. The second-order valence-corrected chi connectivity index (χ2v) is 9.32. The molecule has 2 N–H and O–H groups in total. The number of hydrogen-bond donors (Lipinski definition) is 2. The third kappa shape index (κ3) is 4.25. The van der Waals surface area contributed by atoms with Crippen LogP contribution in [0.2, 0.25) is 0 Å². The van der Waals surface area contributed by atoms with E-state index in [1.165, 1.54) is 12.0 Å². The van der Waals surface area contributed by atoms with Gasteiger partial charge in [0.25, 0.3) is 0 Å². The van der Waals surface area contributed by atoms with Crippen LogP contribution >= 0.6 is 0 Å². The summed E-state index contributed by atoms with van der Waals surface area (Å²) in [7, 11) is 1.44. The van der Waals surface area contributed by atoms with E-state index in [0.717, 1.165) is 22.3 Å². The Bertz CT molecular complexity index is 1060. The molecule has 1 aliphatic heterocycles. The number of fused-ring (bicyclic) bond motifs is 3. The summed E-state index contributed by atoms with van der Waals surface area (Å²) in [6, 6.07) is 15.1. The summed E-state index contributed by atoms with van der Waals surface area (Å²) in [5.74, 6) is -1.63. The third-order valence-corrected chi connectivity index (χ3v) is 7.17. The van der Waals surface area contributed by atoms with Crippen LogP contribution in [0.4, 0.5) is 4.79 Å². The number of alkyl carbamates (subject to hydrolysis) is 1. The number of methoxy groups -OCH3 is 1. The number of likely N-dealkylation sites (tertiary alicyclic amines) is 1. The molecule has 1 heterocycles. The fraction of sp³-hybridized carbons (Fsp3) is 0.423. The van der Waals surface area contributed by atoms with Crippen molar-refractivity contribution in [3.8, 4) is 11.1 Å². The molecule has 0 aromatic heterocycles. The highest BCUT2D eigenvalue weighted by atomic mass is 16.5. The van der Waals surface area contributed by atoms with Crippen LogP contribution in [0, 0.1) is 11.3 Å². The van der Waals surface area contributed by atoms with E-state index in [0.29, 0.717) is 6.54 Å². The smallest absolute Gasteiger partial charge is 0.407 e. The maximum Gasteiger partial charge on any atom is 0.407 e. The monoisotopic (exact) mass is 466 g/mol. The van der Waals surface area contributed by atoms with Crippen LogP contribution < -0.4 is 5.32 Å². The van der Waals surface area contributed by atoms with Gasteiger partial charge in [0.15, 0.2) is 0 Å². The number of ether oxygens (including phenoxy) is 2. The van der Waals surface area contributed by atoms with Crippen molar-refractivity contribution >= 4 is 18.0 Å². The first kappa shape index (κ1) is 23.8. The zero-order valence-electron chi connectivity index (χ0n) is 19.6. The molecule has 0 radical (unpaired) electrons. The first-order valence-corrected chi connectivity index (χ1v) is 11.4. The van der Waals surface area contributed by atoms with Gasteiger partial charge < -0.3 is 24.8 Å². The van der Waals surface area contributed by atoms with Crippen molar-refractivity contribution in [1.29, 1.82) is 0 Å². The minimum atomic E-state index is -1.03. The molecule has 1 fully saturated rings. The topological polar surface area (TPSA) is 105 Å². The maximum atomic E-state index is 13.1. The lowest BCUT2D eigenvalue weighted by Gasteiger charge is -2.25. The van der Waals surface area contributed by atoms with E-state index in [2.05, 4.69) is 17.4 Å². The molecule has 2 aliphatic rings. The Balaban J connectivity index is 1.41. The normalized spacial score (nSPS) is 22.1. The number of carbonyl (C=O) groups is 3. The number of amides is 2. The molecule has 4 rings (SSSR count). The highest BCUT2D eigenvalue weighted by molar-refractivity contribution is 5.87. The van der Waals surface area contributed by atoms with Crippen LogP contribution in [-0.2, 0) is 19.1 Å². The van der Waals surface area contributed by atoms with Crippen molar-refractivity contribution in [2.75, 3.05) is 33.4 Å². The van der Waals surface area contributed by atoms with Crippen molar-refractivity contribution in [3.05, 3.63) is 59.7 Å². The quantitative estimate of drug-likeness (QED) is 0.650. The average molecular weight is 467 g/mol. The molecule has 0 spiro atoms. The molecule has 0 bridgehead atoms. The van der Waals surface area contributed by atoms with Gasteiger partial charge in [0.2, 0.25) is 5.91 Å². The Kier molecular flexibility index (Phi) is 6.61. The average Bonchev–Trinajstić information content (AvgIpc) is 3.32. The summed E-state index contributed by atoms with van der Waals surface area (Å²) >= 11 is 0. The van der Waals surface area contributed by atoms with Gasteiger partial charge >= 0.3 is 12.1 Å². The van der Waals surface area contributed by atoms with Crippen molar-refractivity contribution < 1.29 is 29.0 Å². The summed E-state index contributed by atoms with van der Waals surface area (Å²) in [6.07, 6.45) is -0.717. The number of aliphatic carboxylic acids is 1. The number of rotatable bonds is 7. The second kappa shape index (κ2) is 9.46. The zero-order valence-corrected chi connectivity index (χ0v) is 19.6. The summed E-state index contributed by atoms with van der Waals surface area (Å²) in [6.45, 7) is 3.91. The standard InChI is InChI=1S/C26H30N2O6/c1-16-12-28(15-26(16,2)24(30)31)23(29)22(14-33-3)27-25(32)34-13-21-19-10-6-4-8-17(19)18-9-5-7-11-20(18)21/h4-11,16,21-22H,12-15H2,1-3H3,(H,27,32)(H,30,31)/t16-,22-,26-/m0/s1. The number of nitrogens with one attached hydrogen (secondary N) is 1. The van der Waals surface area contributed by atoms with E-state index in [9.17, 15) is 19.5 Å². The first-order valence-electron chi connectivity index (χ1n) is 11.4. The Morgan fingerprint density at radius 1 is 1.12 bits per heavy atom. The summed E-state index contributed by atoms with van der Waals surface area (Å²) in [5, 5.41) is 12.2. The molecule has 2 aromatic rings. The molecule has 8 heteroatoms. The van der Waals surface area contributed by atoms with Crippen LogP contribution in [0.15, 0.2) is 48.5 Å². The third-order valence-electron chi connectivity index (χ3n) is 7.17. The lowest BCUT2D eigenvalue weighted by molar-refractivity contribution is -0.149. The summed E-state index contributed by atoms with van der Waals surface area (Å²) < 4.78 is 10.7. The zero-order chi connectivity index (χ0) is 24.5. The van der Waals surface area contributed by atoms with Gasteiger partial charge in [0.1, 0.15) is 12.6 Å². The van der Waals surface area contributed by atoms with Gasteiger partial charge in [-0.15, -0.1) is 0 Å². The van der Waals surface area contributed by atoms with Crippen molar-refractivity contribution in [3.63, 3.8) is 0 Å². The van der Waals surface area contributed by atoms with Crippen molar-refractivity contribution in [1.82, 2.24) is 10.2 Å². The van der Waals surface area contributed by atoms with E-state index in [-0.39, 0.29) is 37.5 Å². The number of carbonyl (C=O) groups excluding carboxylic acids is 2. The van der Waals surface area contributed by atoms with Crippen LogP contribution in [0.1, 0.15) is 30.9 Å². The maximum absolute atomic E-state index is 13.1. The first-order chi connectivity index (χ1) is 16.3. The molecule has 34 heavy (non-hydrogen) atoms. The molecular formula is C26H30N2O6. The van der Waals surface area contributed by atoms with Gasteiger partial charge in [-0.2, -0.15) is 0 Å². The molecule has 180 valence electrons. The Labute approximate surface area is 198 Å². The Morgan fingerprint density at radius 2 is 1.71 bits per heavy atom. The van der Waals surface area contributed by atoms with Crippen LogP contribution in [-0.4, -0.2) is 67.4 Å². The highest BCUT2D eigenvalue weighted by Gasteiger charge is 2.48. The molecule has 0 unspecified atom stereocenters. The predicted molar refractivity (Wildman–Crippen MR) is 125 cm³/mol. The molecule has 3 atom stereocenters. The Morgan fingerprint density at radius 3 is 2.24 bits per heavy atom. The van der Waals surface area contributed by atoms with Gasteiger partial charge in [0, 0.05) is 26.1 Å². The van der Waals surface area contributed by atoms with Crippen molar-refractivity contribution in [2.24, 2.45) is 11.3 Å². The van der Waals surface area contributed by atoms with E-state index in [4.69, 9.17) is 9.47 Å². The van der Waals surface area contributed by atoms with Gasteiger partial charge in [-0.05, 0) is 35.1 Å². The van der Waals surface area contributed by atoms with Crippen molar-refractivity contribution in [2.45, 2.75) is 25.8 Å². The molecule has 0 saturated carbocycles. The molecule has 1 saturated heterocycles. The number of benzene rings is 2. The minimum Gasteiger partial charge on any atom is -0.481 e. The second-order valence-electron chi connectivity index (χ2n) is 9.32. The van der Waals surface area contributed by atoms with Gasteiger partial charge in [-0.25, -0.2) is 4.79 Å². The van der Waals surface area contributed by atoms with Gasteiger partial charge in [-0.1, -0.05) is 55.5 Å². The van der Waals surface area contributed by atoms with Gasteiger partial charge in [0.05, 0.1) is 12.0 Å². The number of hydrogen-bond acceptors (Lipinski definition) is 5. The van der Waals surface area contributed by atoms with Crippen LogP contribution in [0.3, 0.4) is 0 Å². The van der Waals surface area contributed by atoms with E-state index in [1.54, 1.807) is 6.92 Å². The molecular weight excluding hydrogens is 436 g/mol. The molecule has 2 amide bonds. The molecule has 1 aliphatic carbocycles. The van der Waals surface area contributed by atoms with Crippen LogP contribution in [0.25, 0.3) is 11.1 Å². The SMILES string of the molecule is COC[C@H](NC(=O)OCC1c2ccccc2-c2ccccc21)C(=O)N1C[C@H](C)[C@@](C)(C(=O)O)C1. The number of carboxylic acid groups (broad SMARTS) is 1. The van der Waals surface area contributed by atoms with E-state index >= 15 is 0 Å². The number of nitrogens with zero attached hydrogens (tertiary/aromatic N) is 1. The Hall–Kier alpha value is -3.39. The van der Waals surface area contributed by atoms with Gasteiger partial charge in [-0.3, -0.25) is 9.59 Å². The lowest BCUT2D eigenvalue weighted by atomic mass is 9.81. The van der Waals surface area contributed by atoms with E-state index in [1.807, 2.05) is 43.3 Å². The largest absolute Gasteiger partial charge is 0.481 e. The lowest BCUT2D eigenvalue weighted by Crippen LogP contribution is -2.51. The minimum absolute atomic E-state index is 0.0440. The molecule has 8 nitrogen and oxygen atoms in total. The van der Waals surface area contributed by atoms with E-state index < -0.39 is 23.5 Å². The molecule has 2 aromatic carbocycles. The summed E-state index contributed by atoms with van der Waals surface area (Å²) in [5.41, 5.74) is 3.42.